The number of ether oxygens (including phenoxy) is 5. The molecule has 0 radical (unpaired) electrons. The average Bonchev–Trinajstić information content (AvgIpc) is 2.99. The molecule has 47 heavy (non-hydrogen) atoms. The zero-order chi connectivity index (χ0) is 34.1. The molecular weight excluding hydrogens is 620 g/mol. The number of carbonyl (C=O) groups is 3. The first-order valence-corrected chi connectivity index (χ1v) is 15.4. The van der Waals surface area contributed by atoms with Gasteiger partial charge in [-0.3, -0.25) is 14.4 Å². The Labute approximate surface area is 269 Å². The highest BCUT2D eigenvalue weighted by Crippen LogP contribution is 2.53. The van der Waals surface area contributed by atoms with Crippen LogP contribution in [0.15, 0.2) is 24.3 Å². The predicted octanol–water partition coefficient (Wildman–Crippen LogP) is 1.08. The molecule has 2 aliphatic carbocycles. The van der Waals surface area contributed by atoms with Crippen molar-refractivity contribution in [1.82, 2.24) is 0 Å². The first-order valence-electron chi connectivity index (χ1n) is 15.4. The summed E-state index contributed by atoms with van der Waals surface area (Å²) in [5.74, 6) is -4.82. The van der Waals surface area contributed by atoms with Crippen LogP contribution in [-0.4, -0.2) is 110 Å². The van der Waals surface area contributed by atoms with E-state index in [2.05, 4.69) is 0 Å². The molecule has 0 amide bonds. The molecule has 2 heterocycles. The lowest BCUT2D eigenvalue weighted by Gasteiger charge is -2.45. The molecule has 0 bridgehead atoms. The zero-order valence-corrected chi connectivity index (χ0v) is 26.2. The molecule has 0 aromatic heterocycles. The second-order valence-electron chi connectivity index (χ2n) is 12.9. The van der Waals surface area contributed by atoms with Gasteiger partial charge in [0.2, 0.25) is 5.78 Å². The molecule has 2 fully saturated rings. The van der Waals surface area contributed by atoms with Gasteiger partial charge in [-0.2, -0.15) is 0 Å². The summed E-state index contributed by atoms with van der Waals surface area (Å²) < 4.78 is 28.8. The highest BCUT2D eigenvalue weighted by Gasteiger charge is 2.52. The van der Waals surface area contributed by atoms with Crippen LogP contribution in [0.2, 0.25) is 0 Å². The molecule has 14 nitrogen and oxygen atoms in total. The predicted molar refractivity (Wildman–Crippen MR) is 158 cm³/mol. The Morgan fingerprint density at radius 2 is 1.57 bits per heavy atom. The van der Waals surface area contributed by atoms with Crippen molar-refractivity contribution in [2.45, 2.75) is 107 Å². The SMILES string of the molecule is COC(=O)[C@@H]1c2cc3c(c(O)c2[C@@H](O[C@H]2C[C@H](O)[C@H](O[C@H]4C[C@H](O)[C@H](O)[C@H](C)O4)[C@H](C)O2)C[C@@]1(C)O)C(=O)c1c(O)cccc1C3=O. The van der Waals surface area contributed by atoms with Gasteiger partial charge in [-0.1, -0.05) is 12.1 Å². The zero-order valence-electron chi connectivity index (χ0n) is 26.2. The highest BCUT2D eigenvalue weighted by molar-refractivity contribution is 6.30. The fraction of sp³-hybridized carbons (Fsp3) is 0.545. The molecule has 2 aliphatic heterocycles. The molecule has 254 valence electrons. The maximum absolute atomic E-state index is 13.7. The van der Waals surface area contributed by atoms with Crippen LogP contribution in [-0.2, 0) is 28.5 Å². The van der Waals surface area contributed by atoms with E-state index >= 15 is 0 Å². The fourth-order valence-electron chi connectivity index (χ4n) is 7.25. The van der Waals surface area contributed by atoms with Crippen LogP contribution in [0.4, 0.5) is 0 Å². The van der Waals surface area contributed by atoms with Crippen LogP contribution in [0.1, 0.15) is 95.0 Å². The first-order chi connectivity index (χ1) is 22.1. The van der Waals surface area contributed by atoms with Gasteiger partial charge in [0.25, 0.3) is 0 Å². The molecule has 2 saturated heterocycles. The fourth-order valence-corrected chi connectivity index (χ4v) is 7.25. The number of esters is 1. The minimum absolute atomic E-state index is 0.00836. The van der Waals surface area contributed by atoms with Gasteiger partial charge < -0.3 is 54.3 Å². The summed E-state index contributed by atoms with van der Waals surface area (Å²) in [6, 6.07) is 5.28. The van der Waals surface area contributed by atoms with E-state index in [9.17, 15) is 45.0 Å². The van der Waals surface area contributed by atoms with Gasteiger partial charge in [-0.15, -0.1) is 0 Å². The molecule has 14 heteroatoms. The van der Waals surface area contributed by atoms with E-state index in [1.165, 1.54) is 31.2 Å². The van der Waals surface area contributed by atoms with Crippen molar-refractivity contribution in [2.24, 2.45) is 0 Å². The number of aliphatic hydroxyl groups is 4. The van der Waals surface area contributed by atoms with E-state index in [0.29, 0.717) is 0 Å². The van der Waals surface area contributed by atoms with Gasteiger partial charge in [0.1, 0.15) is 29.6 Å². The van der Waals surface area contributed by atoms with Gasteiger partial charge >= 0.3 is 5.97 Å². The number of phenolic OH excluding ortho intramolecular Hbond substituents is 2. The number of aliphatic hydroxyl groups excluding tert-OH is 3. The monoisotopic (exact) mass is 658 g/mol. The van der Waals surface area contributed by atoms with Crippen LogP contribution in [0.25, 0.3) is 0 Å². The average molecular weight is 659 g/mol. The Morgan fingerprint density at radius 1 is 0.915 bits per heavy atom. The number of methoxy groups -OCH3 is 1. The Bertz CT molecular complexity index is 1580. The van der Waals surface area contributed by atoms with Gasteiger partial charge in [-0.25, -0.2) is 0 Å². The summed E-state index contributed by atoms with van der Waals surface area (Å²) >= 11 is 0. The standard InChI is InChI=1S/C33H38O14/c1-12-27(37)18(35)9-22(44-12)47-31-13(2)45-21(10-19(31)36)46-20-11-33(3,42)26(32(41)43-4)15-8-16-25(30(40)24(15)20)29(39)23-14(28(16)38)6-5-7-17(23)34/h5-8,12-13,18-22,26-27,31,34-37,40,42H,9-11H2,1-4H3/t12-,13-,18-,19-,20-,21-,22-,26-,27+,31+,33+/m0/s1. The van der Waals surface area contributed by atoms with Crippen molar-refractivity contribution in [3.63, 3.8) is 0 Å². The lowest BCUT2D eigenvalue weighted by atomic mass is 9.68. The third-order valence-electron chi connectivity index (χ3n) is 9.59. The normalized spacial score (nSPS) is 36.7. The van der Waals surface area contributed by atoms with Gasteiger partial charge in [0.15, 0.2) is 18.4 Å². The van der Waals surface area contributed by atoms with Gasteiger partial charge in [0.05, 0.1) is 54.4 Å². The maximum Gasteiger partial charge on any atom is 0.316 e. The molecule has 0 spiro atoms. The Kier molecular flexibility index (Phi) is 8.68. The van der Waals surface area contributed by atoms with E-state index in [4.69, 9.17) is 23.7 Å². The number of carbonyl (C=O) groups excluding carboxylic acids is 3. The van der Waals surface area contributed by atoms with Crippen molar-refractivity contribution >= 4 is 17.5 Å². The molecule has 2 aromatic carbocycles. The number of ketones is 2. The summed E-state index contributed by atoms with van der Waals surface area (Å²) in [7, 11) is 1.13. The van der Waals surface area contributed by atoms with E-state index in [0.717, 1.165) is 7.11 Å². The van der Waals surface area contributed by atoms with Crippen molar-refractivity contribution in [2.75, 3.05) is 7.11 Å². The minimum Gasteiger partial charge on any atom is -0.507 e. The maximum atomic E-state index is 13.7. The lowest BCUT2D eigenvalue weighted by molar-refractivity contribution is -0.317. The molecule has 0 saturated carbocycles. The van der Waals surface area contributed by atoms with Crippen molar-refractivity contribution in [1.29, 1.82) is 0 Å². The summed E-state index contributed by atoms with van der Waals surface area (Å²) in [4.78, 5) is 40.3. The van der Waals surface area contributed by atoms with Crippen LogP contribution >= 0.6 is 0 Å². The Balaban J connectivity index is 1.33. The van der Waals surface area contributed by atoms with Crippen molar-refractivity contribution in [3.05, 3.63) is 57.6 Å². The van der Waals surface area contributed by atoms with E-state index in [1.54, 1.807) is 13.8 Å². The first kappa shape index (κ1) is 33.4. The number of phenols is 2. The van der Waals surface area contributed by atoms with Crippen molar-refractivity contribution < 1.29 is 68.7 Å². The third kappa shape index (κ3) is 5.62. The lowest BCUT2D eigenvalue weighted by Crippen LogP contribution is -2.54. The van der Waals surface area contributed by atoms with Crippen LogP contribution < -0.4 is 0 Å². The minimum atomic E-state index is -1.83. The largest absolute Gasteiger partial charge is 0.507 e. The van der Waals surface area contributed by atoms with Crippen LogP contribution in [0.3, 0.4) is 0 Å². The molecule has 6 N–H and O–H groups in total. The number of fused-ring (bicyclic) bond motifs is 3. The quantitative estimate of drug-likeness (QED) is 0.212. The van der Waals surface area contributed by atoms with E-state index in [-0.39, 0.29) is 52.6 Å². The Morgan fingerprint density at radius 3 is 2.23 bits per heavy atom. The summed E-state index contributed by atoms with van der Waals surface area (Å²) in [5, 5.41) is 64.9. The van der Waals surface area contributed by atoms with Gasteiger partial charge in [0, 0.05) is 36.0 Å². The highest BCUT2D eigenvalue weighted by atomic mass is 16.7. The summed E-state index contributed by atoms with van der Waals surface area (Å²) in [6.07, 6.45) is -9.41. The number of benzene rings is 2. The van der Waals surface area contributed by atoms with Crippen LogP contribution in [0, 0.1) is 0 Å². The number of hydrogen-bond acceptors (Lipinski definition) is 14. The number of aromatic hydroxyl groups is 2. The smallest absolute Gasteiger partial charge is 0.316 e. The molecule has 11 atom stereocenters. The summed E-state index contributed by atoms with van der Waals surface area (Å²) in [6.45, 7) is 4.59. The third-order valence-corrected chi connectivity index (χ3v) is 9.59. The second kappa shape index (κ2) is 12.2. The van der Waals surface area contributed by atoms with Crippen molar-refractivity contribution in [3.8, 4) is 11.5 Å². The molecule has 0 unspecified atom stereocenters. The molecule has 6 rings (SSSR count). The molecule has 4 aliphatic rings. The number of rotatable bonds is 5. The Hall–Kier alpha value is -3.47. The van der Waals surface area contributed by atoms with Gasteiger partial charge in [-0.05, 0) is 38.5 Å². The summed E-state index contributed by atoms with van der Waals surface area (Å²) in [5.41, 5.74) is -2.83. The topological polar surface area (TPSA) is 219 Å². The van der Waals surface area contributed by atoms with Crippen LogP contribution in [0.5, 0.6) is 11.5 Å². The van der Waals surface area contributed by atoms with E-state index < -0.39 is 95.9 Å². The van der Waals surface area contributed by atoms with E-state index in [1.807, 2.05) is 0 Å². The second-order valence-corrected chi connectivity index (χ2v) is 12.9. The molecule has 2 aromatic rings. The molecular formula is C33H38O14. The number of hydrogen-bond donors (Lipinski definition) is 6.